The molecule has 0 aliphatic carbocycles. The largest absolute Gasteiger partial charge is 0.352 e. The Morgan fingerprint density at radius 3 is 2.76 bits per heavy atom. The molecule has 1 amide bonds. The number of aromatic nitrogens is 1. The van der Waals surface area contributed by atoms with Gasteiger partial charge < -0.3 is 15.1 Å². The Labute approximate surface area is 157 Å². The zero-order chi connectivity index (χ0) is 17.8. The number of pyridine rings is 1. The highest BCUT2D eigenvalue weighted by molar-refractivity contribution is 9.10. The molecule has 0 unspecified atom stereocenters. The molecule has 1 aromatic carbocycles. The lowest BCUT2D eigenvalue weighted by Crippen LogP contribution is -2.45. The van der Waals surface area contributed by atoms with Crippen molar-refractivity contribution in [3.8, 4) is 0 Å². The van der Waals surface area contributed by atoms with Crippen LogP contribution in [0.4, 0.5) is 0 Å². The topological polar surface area (TPSA) is 48.5 Å². The summed E-state index contributed by atoms with van der Waals surface area (Å²) in [7, 11) is 2.16. The second-order valence-corrected chi connectivity index (χ2v) is 7.64. The molecule has 0 spiro atoms. The first-order valence-corrected chi connectivity index (χ1v) is 9.58. The molecular weight excluding hydrogens is 380 g/mol. The van der Waals surface area contributed by atoms with Gasteiger partial charge in [0.15, 0.2) is 0 Å². The summed E-state index contributed by atoms with van der Waals surface area (Å²) in [5, 5.41) is 3.96. The normalized spacial score (nSPS) is 16.3. The number of amides is 1. The molecule has 0 bridgehead atoms. The predicted molar refractivity (Wildman–Crippen MR) is 105 cm³/mol. The van der Waals surface area contributed by atoms with Crippen LogP contribution in [0.1, 0.15) is 22.5 Å². The van der Waals surface area contributed by atoms with Gasteiger partial charge in [-0.05, 0) is 45.1 Å². The van der Waals surface area contributed by atoms with Gasteiger partial charge in [0, 0.05) is 48.3 Å². The third-order valence-corrected chi connectivity index (χ3v) is 5.17. The first-order chi connectivity index (χ1) is 12.0. The summed E-state index contributed by atoms with van der Waals surface area (Å²) >= 11 is 3.46. The Hall–Kier alpha value is -1.50. The van der Waals surface area contributed by atoms with Crippen LogP contribution >= 0.6 is 15.9 Å². The Morgan fingerprint density at radius 2 is 2.00 bits per heavy atom. The second-order valence-electron chi connectivity index (χ2n) is 6.73. The molecule has 3 rings (SSSR count). The zero-order valence-corrected chi connectivity index (χ0v) is 16.5. The average Bonchev–Trinajstić information content (AvgIpc) is 2.59. The van der Waals surface area contributed by atoms with Gasteiger partial charge in [-0.1, -0.05) is 22.0 Å². The minimum absolute atomic E-state index is 0.0174. The molecule has 0 saturated carbocycles. The van der Waals surface area contributed by atoms with Crippen LogP contribution < -0.4 is 5.32 Å². The van der Waals surface area contributed by atoms with Crippen molar-refractivity contribution in [2.24, 2.45) is 0 Å². The summed E-state index contributed by atoms with van der Waals surface area (Å²) in [5.74, 6) is -0.0174. The standard InChI is InChI=1S/C19H25BrN4O/c1-14-12-17(16-5-4-15(20)13-18(16)22-14)19(25)21-6-3-7-24-10-8-23(2)9-11-24/h4-5,12-13H,3,6-11H2,1-2H3,(H,21,25). The van der Waals surface area contributed by atoms with E-state index < -0.39 is 0 Å². The maximum absolute atomic E-state index is 12.6. The van der Waals surface area contributed by atoms with Crippen molar-refractivity contribution in [2.45, 2.75) is 13.3 Å². The number of nitrogens with zero attached hydrogens (tertiary/aromatic N) is 3. The lowest BCUT2D eigenvalue weighted by molar-refractivity contribution is 0.0951. The molecule has 1 aliphatic rings. The molecular formula is C19H25BrN4O. The third-order valence-electron chi connectivity index (χ3n) is 4.68. The number of rotatable bonds is 5. The van der Waals surface area contributed by atoms with Crippen LogP contribution in [0.5, 0.6) is 0 Å². The second kappa shape index (κ2) is 8.25. The van der Waals surface area contributed by atoms with Gasteiger partial charge >= 0.3 is 0 Å². The van der Waals surface area contributed by atoms with Crippen molar-refractivity contribution in [3.05, 3.63) is 40.0 Å². The van der Waals surface area contributed by atoms with Gasteiger partial charge in [-0.3, -0.25) is 9.78 Å². The van der Waals surface area contributed by atoms with E-state index in [0.717, 1.165) is 60.2 Å². The van der Waals surface area contributed by atoms with Crippen LogP contribution in [0, 0.1) is 6.92 Å². The molecule has 1 fully saturated rings. The molecule has 25 heavy (non-hydrogen) atoms. The van der Waals surface area contributed by atoms with Crippen molar-refractivity contribution in [1.82, 2.24) is 20.1 Å². The number of benzene rings is 1. The van der Waals surface area contributed by atoms with Crippen molar-refractivity contribution < 1.29 is 4.79 Å². The summed E-state index contributed by atoms with van der Waals surface area (Å²) in [6.07, 6.45) is 0.975. The van der Waals surface area contributed by atoms with Gasteiger partial charge in [0.05, 0.1) is 11.1 Å². The van der Waals surface area contributed by atoms with Gasteiger partial charge in [-0.25, -0.2) is 0 Å². The Bertz CT molecular complexity index is 751. The first kappa shape index (κ1) is 18.3. The van der Waals surface area contributed by atoms with Crippen molar-refractivity contribution >= 4 is 32.7 Å². The van der Waals surface area contributed by atoms with Crippen molar-refractivity contribution in [1.29, 1.82) is 0 Å². The summed E-state index contributed by atoms with van der Waals surface area (Å²) in [6, 6.07) is 7.72. The van der Waals surface area contributed by atoms with E-state index in [9.17, 15) is 4.79 Å². The van der Waals surface area contributed by atoms with E-state index in [-0.39, 0.29) is 5.91 Å². The molecule has 1 aromatic heterocycles. The number of piperazine rings is 1. The molecule has 5 nitrogen and oxygen atoms in total. The molecule has 134 valence electrons. The van der Waals surface area contributed by atoms with Crippen molar-refractivity contribution in [2.75, 3.05) is 46.3 Å². The number of hydrogen-bond donors (Lipinski definition) is 1. The lowest BCUT2D eigenvalue weighted by atomic mass is 10.1. The number of halogens is 1. The highest BCUT2D eigenvalue weighted by Crippen LogP contribution is 2.22. The minimum atomic E-state index is -0.0174. The van der Waals surface area contributed by atoms with Gasteiger partial charge in [-0.15, -0.1) is 0 Å². The summed E-state index contributed by atoms with van der Waals surface area (Å²) < 4.78 is 0.969. The molecule has 0 radical (unpaired) electrons. The van der Waals surface area contributed by atoms with Gasteiger partial charge in [0.25, 0.3) is 5.91 Å². The van der Waals surface area contributed by atoms with Gasteiger partial charge in [-0.2, -0.15) is 0 Å². The third kappa shape index (κ3) is 4.77. The zero-order valence-electron chi connectivity index (χ0n) is 14.9. The quantitative estimate of drug-likeness (QED) is 0.778. The molecule has 0 atom stereocenters. The lowest BCUT2D eigenvalue weighted by Gasteiger charge is -2.32. The fourth-order valence-electron chi connectivity index (χ4n) is 3.19. The summed E-state index contributed by atoms with van der Waals surface area (Å²) in [5.41, 5.74) is 2.40. The number of nitrogens with one attached hydrogen (secondary N) is 1. The van der Waals surface area contributed by atoms with E-state index in [1.54, 1.807) is 0 Å². The molecule has 2 heterocycles. The molecule has 6 heteroatoms. The maximum Gasteiger partial charge on any atom is 0.252 e. The van der Waals surface area contributed by atoms with E-state index in [1.165, 1.54) is 0 Å². The maximum atomic E-state index is 12.6. The van der Waals surface area contributed by atoms with Crippen LogP contribution in [-0.4, -0.2) is 67.0 Å². The van der Waals surface area contributed by atoms with Crippen molar-refractivity contribution in [3.63, 3.8) is 0 Å². The van der Waals surface area contributed by atoms with E-state index >= 15 is 0 Å². The highest BCUT2D eigenvalue weighted by atomic mass is 79.9. The van der Waals surface area contributed by atoms with Gasteiger partial charge in [0.1, 0.15) is 0 Å². The average molecular weight is 405 g/mol. The van der Waals surface area contributed by atoms with Crippen LogP contribution in [0.3, 0.4) is 0 Å². The molecule has 1 saturated heterocycles. The minimum Gasteiger partial charge on any atom is -0.352 e. The van der Waals surface area contributed by atoms with E-state index in [2.05, 4.69) is 43.1 Å². The van der Waals surface area contributed by atoms with Crippen LogP contribution in [0.2, 0.25) is 0 Å². The van der Waals surface area contributed by atoms with E-state index in [4.69, 9.17) is 0 Å². The Balaban J connectivity index is 1.57. The number of aryl methyl sites for hydroxylation is 1. The van der Waals surface area contributed by atoms with Crippen LogP contribution in [0.25, 0.3) is 10.9 Å². The summed E-state index contributed by atoms with van der Waals surface area (Å²) in [4.78, 5) is 22.0. The smallest absolute Gasteiger partial charge is 0.252 e. The molecule has 1 aliphatic heterocycles. The van der Waals surface area contributed by atoms with Crippen LogP contribution in [-0.2, 0) is 0 Å². The van der Waals surface area contributed by atoms with Gasteiger partial charge in [0.2, 0.25) is 0 Å². The fourth-order valence-corrected chi connectivity index (χ4v) is 3.54. The van der Waals surface area contributed by atoms with E-state index in [0.29, 0.717) is 12.1 Å². The number of hydrogen-bond acceptors (Lipinski definition) is 4. The molecule has 2 aromatic rings. The monoisotopic (exact) mass is 404 g/mol. The predicted octanol–water partition coefficient (Wildman–Crippen LogP) is 2.67. The fraction of sp³-hybridized carbons (Fsp3) is 0.474. The number of carbonyl (C=O) groups excluding carboxylic acids is 1. The highest BCUT2D eigenvalue weighted by Gasteiger charge is 2.14. The molecule has 1 N–H and O–H groups in total. The number of carbonyl (C=O) groups is 1. The first-order valence-electron chi connectivity index (χ1n) is 8.79. The Morgan fingerprint density at radius 1 is 1.24 bits per heavy atom. The number of fused-ring (bicyclic) bond motifs is 1. The SMILES string of the molecule is Cc1cc(C(=O)NCCCN2CCN(C)CC2)c2ccc(Br)cc2n1. The Kier molecular flexibility index (Phi) is 6.04. The van der Waals surface area contributed by atoms with E-state index in [1.807, 2.05) is 31.2 Å². The number of likely N-dealkylation sites (N-methyl/N-ethyl adjacent to an activating group) is 1. The summed E-state index contributed by atoms with van der Waals surface area (Å²) in [6.45, 7) is 8.15. The van der Waals surface area contributed by atoms with Crippen LogP contribution in [0.15, 0.2) is 28.7 Å².